The lowest BCUT2D eigenvalue weighted by Crippen LogP contribution is -2.39. The van der Waals surface area contributed by atoms with E-state index in [1.54, 1.807) is 30.3 Å². The third kappa shape index (κ3) is 2.29. The molecule has 2 rings (SSSR count). The Morgan fingerprint density at radius 2 is 1.70 bits per heavy atom. The molecular weight excluding hydrogens is 262 g/mol. The molecule has 0 amide bonds. The maximum Gasteiger partial charge on any atom is 0.281 e. The smallest absolute Gasteiger partial charge is 0.264 e. The first-order valence-electron chi connectivity index (χ1n) is 6.02. The highest BCUT2D eigenvalue weighted by atomic mass is 16.6. The van der Waals surface area contributed by atoms with Crippen molar-refractivity contribution < 1.29 is 9.85 Å². The van der Waals surface area contributed by atoms with Crippen LogP contribution < -0.4 is 0 Å². The first-order chi connectivity index (χ1) is 9.43. The lowest BCUT2D eigenvalue weighted by atomic mass is 9.84. The molecule has 7 nitrogen and oxygen atoms in total. The van der Waals surface area contributed by atoms with E-state index in [1.807, 2.05) is 0 Å². The third-order valence-corrected chi connectivity index (χ3v) is 3.34. The molecule has 1 heterocycles. The van der Waals surface area contributed by atoms with E-state index in [2.05, 4.69) is 4.99 Å². The second kappa shape index (κ2) is 5.20. The molecule has 1 aromatic carbocycles. The van der Waals surface area contributed by atoms with Gasteiger partial charge in [0.25, 0.3) is 11.7 Å². The zero-order chi connectivity index (χ0) is 14.9. The maximum absolute atomic E-state index is 11.3. The van der Waals surface area contributed by atoms with E-state index in [1.165, 1.54) is 13.8 Å². The van der Waals surface area contributed by atoms with Crippen molar-refractivity contribution in [2.45, 2.75) is 25.8 Å². The van der Waals surface area contributed by atoms with Crippen LogP contribution in [0, 0.1) is 20.2 Å². The summed E-state index contributed by atoms with van der Waals surface area (Å²) in [5, 5.41) is 22.6. The van der Waals surface area contributed by atoms with Gasteiger partial charge in [0, 0.05) is 4.92 Å². The van der Waals surface area contributed by atoms with Gasteiger partial charge in [0.1, 0.15) is 11.6 Å². The van der Waals surface area contributed by atoms with Crippen molar-refractivity contribution in [3.05, 3.63) is 67.5 Å². The van der Waals surface area contributed by atoms with Crippen LogP contribution in [0.15, 0.2) is 46.7 Å². The molecule has 0 saturated carbocycles. The molecule has 0 spiro atoms. The average Bonchev–Trinajstić information content (AvgIpc) is 2.37. The first kappa shape index (κ1) is 13.9. The Bertz CT molecular complexity index is 622. The first-order valence-corrected chi connectivity index (χ1v) is 6.02. The van der Waals surface area contributed by atoms with E-state index in [-0.39, 0.29) is 17.1 Å². The fraction of sp³-hybridized carbons (Fsp3) is 0.308. The maximum atomic E-state index is 11.3. The summed E-state index contributed by atoms with van der Waals surface area (Å²) < 4.78 is 0. The van der Waals surface area contributed by atoms with Gasteiger partial charge in [0.05, 0.1) is 10.6 Å². The minimum Gasteiger partial charge on any atom is -0.264 e. The van der Waals surface area contributed by atoms with E-state index >= 15 is 0 Å². The predicted octanol–water partition coefficient (Wildman–Crippen LogP) is 2.40. The zero-order valence-electron chi connectivity index (χ0n) is 11.0. The van der Waals surface area contributed by atoms with Gasteiger partial charge >= 0.3 is 0 Å². The van der Waals surface area contributed by atoms with Crippen LogP contribution in [-0.2, 0) is 0 Å². The van der Waals surface area contributed by atoms with E-state index < -0.39 is 21.8 Å². The van der Waals surface area contributed by atoms with Crippen LogP contribution in [0.1, 0.15) is 25.3 Å². The predicted molar refractivity (Wildman–Crippen MR) is 72.8 cm³/mol. The monoisotopic (exact) mass is 275 g/mol. The van der Waals surface area contributed by atoms with Crippen molar-refractivity contribution >= 4 is 5.71 Å². The van der Waals surface area contributed by atoms with Crippen molar-refractivity contribution in [3.63, 3.8) is 0 Å². The summed E-state index contributed by atoms with van der Waals surface area (Å²) in [5.74, 6) is -0.918. The Hall–Kier alpha value is -2.57. The molecule has 2 atom stereocenters. The number of rotatable bonds is 3. The Morgan fingerprint density at radius 1 is 1.10 bits per heavy atom. The van der Waals surface area contributed by atoms with Crippen LogP contribution in [0.25, 0.3) is 0 Å². The molecule has 7 heteroatoms. The van der Waals surface area contributed by atoms with Crippen molar-refractivity contribution in [1.29, 1.82) is 0 Å². The SMILES string of the molecule is CC1=NC(C)=C([N+](=O)[O-])[C@@H](c2ccccc2)C1[N+](=O)[O-]. The summed E-state index contributed by atoms with van der Waals surface area (Å²) in [6.07, 6.45) is 0. The highest BCUT2D eigenvalue weighted by Gasteiger charge is 2.47. The molecule has 1 aliphatic rings. The Balaban J connectivity index is 2.65. The highest BCUT2D eigenvalue weighted by Crippen LogP contribution is 2.36. The lowest BCUT2D eigenvalue weighted by molar-refractivity contribution is -0.516. The van der Waals surface area contributed by atoms with Gasteiger partial charge in [-0.05, 0) is 19.4 Å². The summed E-state index contributed by atoms with van der Waals surface area (Å²) in [6, 6.07) is 7.30. The van der Waals surface area contributed by atoms with Crippen LogP contribution in [0.4, 0.5) is 0 Å². The van der Waals surface area contributed by atoms with Crippen LogP contribution in [0.2, 0.25) is 0 Å². The topological polar surface area (TPSA) is 98.6 Å². The van der Waals surface area contributed by atoms with Crippen LogP contribution >= 0.6 is 0 Å². The molecule has 1 aromatic rings. The fourth-order valence-electron chi connectivity index (χ4n) is 2.52. The number of nitrogens with zero attached hydrogens (tertiary/aromatic N) is 3. The zero-order valence-corrected chi connectivity index (χ0v) is 11.0. The van der Waals surface area contributed by atoms with Crippen molar-refractivity contribution in [3.8, 4) is 0 Å². The fourth-order valence-corrected chi connectivity index (χ4v) is 2.52. The quantitative estimate of drug-likeness (QED) is 0.624. The van der Waals surface area contributed by atoms with Crippen molar-refractivity contribution in [1.82, 2.24) is 0 Å². The molecule has 0 radical (unpaired) electrons. The van der Waals surface area contributed by atoms with Gasteiger partial charge in [-0.2, -0.15) is 0 Å². The molecule has 0 saturated heterocycles. The van der Waals surface area contributed by atoms with Crippen LogP contribution in [0.5, 0.6) is 0 Å². The number of benzene rings is 1. The van der Waals surface area contributed by atoms with Gasteiger partial charge in [-0.15, -0.1) is 0 Å². The van der Waals surface area contributed by atoms with Gasteiger partial charge in [-0.3, -0.25) is 20.2 Å². The minimum atomic E-state index is -1.21. The molecular formula is C13H13N3O4. The largest absolute Gasteiger partial charge is 0.281 e. The average molecular weight is 275 g/mol. The summed E-state index contributed by atoms with van der Waals surface area (Å²) in [6.45, 7) is 3.04. The van der Waals surface area contributed by atoms with E-state index in [9.17, 15) is 20.2 Å². The Labute approximate surface area is 114 Å². The lowest BCUT2D eigenvalue weighted by Gasteiger charge is -2.23. The molecule has 0 bridgehead atoms. The van der Waals surface area contributed by atoms with E-state index in [0.29, 0.717) is 5.56 Å². The number of hydrogen-bond donors (Lipinski definition) is 0. The molecule has 0 aliphatic carbocycles. The number of aliphatic imine (C=N–C) groups is 1. The van der Waals surface area contributed by atoms with Gasteiger partial charge in [-0.25, -0.2) is 4.99 Å². The van der Waals surface area contributed by atoms with Crippen LogP contribution in [0.3, 0.4) is 0 Å². The Kier molecular flexibility index (Phi) is 3.60. The second-order valence-electron chi connectivity index (χ2n) is 4.60. The van der Waals surface area contributed by atoms with E-state index in [4.69, 9.17) is 0 Å². The molecule has 1 unspecified atom stereocenters. The number of allylic oxidation sites excluding steroid dienone is 1. The normalized spacial score (nSPS) is 22.4. The Morgan fingerprint density at radius 3 is 2.20 bits per heavy atom. The number of nitro groups is 2. The summed E-state index contributed by atoms with van der Waals surface area (Å²) in [4.78, 5) is 25.5. The van der Waals surface area contributed by atoms with Crippen molar-refractivity contribution in [2.75, 3.05) is 0 Å². The van der Waals surface area contributed by atoms with Crippen molar-refractivity contribution in [2.24, 2.45) is 4.99 Å². The third-order valence-electron chi connectivity index (χ3n) is 3.34. The van der Waals surface area contributed by atoms with Gasteiger partial charge < -0.3 is 0 Å². The molecule has 0 fully saturated rings. The molecule has 0 N–H and O–H groups in total. The second-order valence-corrected chi connectivity index (χ2v) is 4.60. The molecule has 1 aliphatic heterocycles. The van der Waals surface area contributed by atoms with Crippen LogP contribution in [-0.4, -0.2) is 21.6 Å². The summed E-state index contributed by atoms with van der Waals surface area (Å²) in [5.41, 5.74) is 0.851. The molecule has 0 aromatic heterocycles. The minimum absolute atomic E-state index is 0.205. The number of hydrogen-bond acceptors (Lipinski definition) is 5. The van der Waals surface area contributed by atoms with Gasteiger partial charge in [-0.1, -0.05) is 30.3 Å². The summed E-state index contributed by atoms with van der Waals surface area (Å²) in [7, 11) is 0. The summed E-state index contributed by atoms with van der Waals surface area (Å²) >= 11 is 0. The highest BCUT2D eigenvalue weighted by molar-refractivity contribution is 5.89. The molecule has 104 valence electrons. The van der Waals surface area contributed by atoms with Gasteiger partial charge in [0.15, 0.2) is 0 Å². The van der Waals surface area contributed by atoms with E-state index in [0.717, 1.165) is 0 Å². The molecule has 20 heavy (non-hydrogen) atoms. The standard InChI is InChI=1S/C13H13N3O4/c1-8-12(15(17)18)11(10-6-4-3-5-7-10)13(16(19)20)9(2)14-8/h3-7,11-12H,1-2H3/t11-,12?/m0/s1. The van der Waals surface area contributed by atoms with Gasteiger partial charge in [0.2, 0.25) is 0 Å².